The van der Waals surface area contributed by atoms with Gasteiger partial charge in [-0.3, -0.25) is 9.59 Å². The molecule has 112 valence electrons. The second-order valence-corrected chi connectivity index (χ2v) is 7.05. The van der Waals surface area contributed by atoms with Crippen LogP contribution in [0.5, 0.6) is 0 Å². The SMILES string of the molecule is O=C1CC(NC2CCCCC2)C(=O)N1c1ccc(I)cc1. The van der Waals surface area contributed by atoms with Crippen molar-refractivity contribution in [3.05, 3.63) is 27.8 Å². The van der Waals surface area contributed by atoms with E-state index in [1.165, 1.54) is 24.2 Å². The minimum atomic E-state index is -0.347. The molecule has 1 unspecified atom stereocenters. The Labute approximate surface area is 138 Å². The molecular formula is C16H19IN2O2. The number of imide groups is 1. The third-order valence-corrected chi connectivity index (χ3v) is 4.99. The van der Waals surface area contributed by atoms with Crippen LogP contribution in [0, 0.1) is 3.57 Å². The van der Waals surface area contributed by atoms with Gasteiger partial charge in [-0.15, -0.1) is 0 Å². The van der Waals surface area contributed by atoms with Crippen LogP contribution in [-0.2, 0) is 9.59 Å². The van der Waals surface area contributed by atoms with E-state index < -0.39 is 0 Å². The van der Waals surface area contributed by atoms with Crippen molar-refractivity contribution in [2.75, 3.05) is 4.90 Å². The van der Waals surface area contributed by atoms with E-state index in [9.17, 15) is 9.59 Å². The van der Waals surface area contributed by atoms with E-state index in [4.69, 9.17) is 0 Å². The molecule has 0 radical (unpaired) electrons. The monoisotopic (exact) mass is 398 g/mol. The maximum atomic E-state index is 12.5. The Morgan fingerprint density at radius 1 is 1.05 bits per heavy atom. The molecule has 21 heavy (non-hydrogen) atoms. The molecular weight excluding hydrogens is 379 g/mol. The van der Waals surface area contributed by atoms with Crippen LogP contribution in [0.4, 0.5) is 5.69 Å². The van der Waals surface area contributed by atoms with E-state index in [2.05, 4.69) is 27.9 Å². The van der Waals surface area contributed by atoms with Crippen molar-refractivity contribution in [1.82, 2.24) is 5.32 Å². The molecule has 1 N–H and O–H groups in total. The average Bonchev–Trinajstić information content (AvgIpc) is 2.76. The van der Waals surface area contributed by atoms with Crippen LogP contribution in [0.1, 0.15) is 38.5 Å². The average molecular weight is 398 g/mol. The first kappa shape index (κ1) is 15.0. The van der Waals surface area contributed by atoms with Gasteiger partial charge in [0.2, 0.25) is 5.91 Å². The van der Waals surface area contributed by atoms with Gasteiger partial charge in [-0.25, -0.2) is 4.90 Å². The lowest BCUT2D eigenvalue weighted by Gasteiger charge is -2.25. The smallest absolute Gasteiger partial charge is 0.251 e. The lowest BCUT2D eigenvalue weighted by atomic mass is 9.95. The summed E-state index contributed by atoms with van der Waals surface area (Å²) >= 11 is 2.21. The lowest BCUT2D eigenvalue weighted by Crippen LogP contribution is -2.44. The second kappa shape index (κ2) is 6.44. The summed E-state index contributed by atoms with van der Waals surface area (Å²) in [4.78, 5) is 26.0. The molecule has 5 heteroatoms. The maximum Gasteiger partial charge on any atom is 0.251 e. The molecule has 0 bridgehead atoms. The Kier molecular flexibility index (Phi) is 4.59. The first-order valence-corrected chi connectivity index (χ1v) is 8.61. The number of halogens is 1. The number of nitrogens with zero attached hydrogens (tertiary/aromatic N) is 1. The van der Waals surface area contributed by atoms with Crippen molar-refractivity contribution in [3.63, 3.8) is 0 Å². The van der Waals surface area contributed by atoms with Gasteiger partial charge in [0.1, 0.15) is 0 Å². The fourth-order valence-corrected chi connectivity index (χ4v) is 3.54. The highest BCUT2D eigenvalue weighted by atomic mass is 127. The molecule has 4 nitrogen and oxygen atoms in total. The molecule has 1 saturated carbocycles. The van der Waals surface area contributed by atoms with Crippen LogP contribution in [0.25, 0.3) is 0 Å². The Balaban J connectivity index is 1.71. The predicted molar refractivity (Wildman–Crippen MR) is 90.1 cm³/mol. The van der Waals surface area contributed by atoms with Gasteiger partial charge in [0.05, 0.1) is 18.2 Å². The highest BCUT2D eigenvalue weighted by molar-refractivity contribution is 14.1. The molecule has 1 atom stereocenters. The van der Waals surface area contributed by atoms with Gasteiger partial charge in [0.15, 0.2) is 0 Å². The molecule has 0 aromatic heterocycles. The van der Waals surface area contributed by atoms with Crippen molar-refractivity contribution in [3.8, 4) is 0 Å². The number of hydrogen-bond acceptors (Lipinski definition) is 3. The Morgan fingerprint density at radius 3 is 2.38 bits per heavy atom. The molecule has 3 rings (SSSR count). The summed E-state index contributed by atoms with van der Waals surface area (Å²) in [5.74, 6) is -0.207. The van der Waals surface area contributed by atoms with Crippen LogP contribution in [0.15, 0.2) is 24.3 Å². The molecule has 1 heterocycles. The summed E-state index contributed by atoms with van der Waals surface area (Å²) in [7, 11) is 0. The summed E-state index contributed by atoms with van der Waals surface area (Å²) in [6, 6.07) is 7.54. The first-order chi connectivity index (χ1) is 10.1. The van der Waals surface area contributed by atoms with Gasteiger partial charge in [0.25, 0.3) is 5.91 Å². The summed E-state index contributed by atoms with van der Waals surface area (Å²) < 4.78 is 1.09. The number of benzene rings is 1. The Hall–Kier alpha value is -0.950. The van der Waals surface area contributed by atoms with E-state index in [0.717, 1.165) is 16.4 Å². The number of carbonyl (C=O) groups is 2. The summed E-state index contributed by atoms with van der Waals surface area (Å²) in [6.07, 6.45) is 6.22. The van der Waals surface area contributed by atoms with E-state index in [-0.39, 0.29) is 24.3 Å². The largest absolute Gasteiger partial charge is 0.303 e. The second-order valence-electron chi connectivity index (χ2n) is 5.80. The van der Waals surface area contributed by atoms with E-state index >= 15 is 0 Å². The molecule has 1 aromatic carbocycles. The fraction of sp³-hybridized carbons (Fsp3) is 0.500. The van der Waals surface area contributed by atoms with Crippen molar-refractivity contribution in [2.45, 2.75) is 50.6 Å². The third kappa shape index (κ3) is 3.29. The van der Waals surface area contributed by atoms with Crippen LogP contribution in [-0.4, -0.2) is 23.9 Å². The number of anilines is 1. The highest BCUT2D eigenvalue weighted by Crippen LogP contribution is 2.25. The van der Waals surface area contributed by atoms with E-state index in [0.29, 0.717) is 11.7 Å². The number of carbonyl (C=O) groups excluding carboxylic acids is 2. The molecule has 1 aliphatic carbocycles. The van der Waals surface area contributed by atoms with Crippen molar-refractivity contribution < 1.29 is 9.59 Å². The van der Waals surface area contributed by atoms with Crippen molar-refractivity contribution >= 4 is 40.1 Å². The zero-order valence-corrected chi connectivity index (χ0v) is 14.0. The molecule has 1 aromatic rings. The topological polar surface area (TPSA) is 49.4 Å². The molecule has 0 spiro atoms. The quantitative estimate of drug-likeness (QED) is 0.630. The number of amides is 2. The van der Waals surface area contributed by atoms with Crippen LogP contribution in [0.2, 0.25) is 0 Å². The zero-order valence-electron chi connectivity index (χ0n) is 11.8. The maximum absolute atomic E-state index is 12.5. The van der Waals surface area contributed by atoms with Crippen molar-refractivity contribution in [2.24, 2.45) is 0 Å². The molecule has 2 aliphatic rings. The van der Waals surface area contributed by atoms with Crippen molar-refractivity contribution in [1.29, 1.82) is 0 Å². The molecule has 1 saturated heterocycles. The molecule has 2 fully saturated rings. The molecule has 2 amide bonds. The van der Waals surface area contributed by atoms with Crippen LogP contribution < -0.4 is 10.2 Å². The fourth-order valence-electron chi connectivity index (χ4n) is 3.18. The van der Waals surface area contributed by atoms with Gasteiger partial charge < -0.3 is 5.32 Å². The molecule has 1 aliphatic heterocycles. The van der Waals surface area contributed by atoms with Crippen LogP contribution in [0.3, 0.4) is 0 Å². The van der Waals surface area contributed by atoms with Crippen LogP contribution >= 0.6 is 22.6 Å². The van der Waals surface area contributed by atoms with Gasteiger partial charge in [-0.05, 0) is 59.7 Å². The van der Waals surface area contributed by atoms with E-state index in [1.54, 1.807) is 0 Å². The predicted octanol–water partition coefficient (Wildman–Crippen LogP) is 2.85. The van der Waals surface area contributed by atoms with Gasteiger partial charge in [0, 0.05) is 9.61 Å². The lowest BCUT2D eigenvalue weighted by molar-refractivity contribution is -0.121. The van der Waals surface area contributed by atoms with Gasteiger partial charge in [-0.2, -0.15) is 0 Å². The van der Waals surface area contributed by atoms with E-state index in [1.807, 2.05) is 24.3 Å². The summed E-state index contributed by atoms with van der Waals surface area (Å²) in [5.41, 5.74) is 0.679. The Bertz CT molecular complexity index is 538. The first-order valence-electron chi connectivity index (χ1n) is 7.53. The minimum absolute atomic E-state index is 0.102. The minimum Gasteiger partial charge on any atom is -0.303 e. The third-order valence-electron chi connectivity index (χ3n) is 4.27. The standard InChI is InChI=1S/C16H19IN2O2/c17-11-6-8-13(9-7-11)19-15(20)10-14(16(19)21)18-12-4-2-1-3-5-12/h6-9,12,14,18H,1-5,10H2. The Morgan fingerprint density at radius 2 is 1.71 bits per heavy atom. The number of nitrogens with one attached hydrogen (secondary N) is 1. The summed E-state index contributed by atoms with van der Waals surface area (Å²) in [6.45, 7) is 0. The van der Waals surface area contributed by atoms with Gasteiger partial charge in [-0.1, -0.05) is 19.3 Å². The number of hydrogen-bond donors (Lipinski definition) is 1. The van der Waals surface area contributed by atoms with Gasteiger partial charge >= 0.3 is 0 Å². The highest BCUT2D eigenvalue weighted by Gasteiger charge is 2.40. The number of rotatable bonds is 3. The zero-order chi connectivity index (χ0) is 14.8. The summed E-state index contributed by atoms with van der Waals surface area (Å²) in [5, 5.41) is 3.40. The normalized spacial score (nSPS) is 23.9.